The van der Waals surface area contributed by atoms with Crippen LogP contribution in [-0.4, -0.2) is 20.0 Å². The molecule has 0 saturated carbocycles. The number of rotatable bonds is 5. The third-order valence-corrected chi connectivity index (χ3v) is 5.92. The van der Waals surface area contributed by atoms with E-state index in [1.54, 1.807) is 4.57 Å². The zero-order chi connectivity index (χ0) is 23.8. The van der Waals surface area contributed by atoms with Crippen molar-refractivity contribution in [2.45, 2.75) is 20.0 Å². The number of carbonyl (C=O) groups is 1. The Balaban J connectivity index is 1.60. The topological polar surface area (TPSA) is 68.9 Å². The second-order valence-electron chi connectivity index (χ2n) is 8.14. The van der Waals surface area contributed by atoms with E-state index in [9.17, 15) is 14.0 Å². The number of aromatic nitrogens is 3. The Morgan fingerprint density at radius 2 is 1.88 bits per heavy atom. The van der Waals surface area contributed by atoms with Crippen LogP contribution in [0.5, 0.6) is 0 Å². The standard InChI is InChI=1S/C26H20ClFN4O2/c1-16-7-10-22-19(11-16)24-25(26(34)31(15-29-24)13-17-5-3-2-4-6-17)32(22)14-23(33)30-21-9-8-18(27)12-20(21)28/h2-12,15H,13-14H2,1H3,(H,30,33). The van der Waals surface area contributed by atoms with E-state index < -0.39 is 11.7 Å². The van der Waals surface area contributed by atoms with Crippen LogP contribution in [0.2, 0.25) is 5.02 Å². The maximum absolute atomic E-state index is 14.2. The SMILES string of the molecule is Cc1ccc2c(c1)c1ncn(Cc3ccccc3)c(=O)c1n2CC(=O)Nc1ccc(Cl)cc1F. The minimum absolute atomic E-state index is 0.0191. The molecule has 5 aromatic rings. The van der Waals surface area contributed by atoms with E-state index in [0.717, 1.165) is 22.6 Å². The van der Waals surface area contributed by atoms with E-state index in [2.05, 4.69) is 10.3 Å². The van der Waals surface area contributed by atoms with Crippen LogP contribution in [0.25, 0.3) is 21.9 Å². The molecule has 5 rings (SSSR count). The van der Waals surface area contributed by atoms with E-state index in [-0.39, 0.29) is 22.8 Å². The highest BCUT2D eigenvalue weighted by atomic mass is 35.5. The van der Waals surface area contributed by atoms with Crippen LogP contribution in [0.15, 0.2) is 77.9 Å². The lowest BCUT2D eigenvalue weighted by Crippen LogP contribution is -2.25. The molecule has 6 nitrogen and oxygen atoms in total. The normalized spacial score (nSPS) is 11.3. The first-order valence-corrected chi connectivity index (χ1v) is 11.1. The average Bonchev–Trinajstić information content (AvgIpc) is 3.11. The molecule has 1 N–H and O–H groups in total. The van der Waals surface area contributed by atoms with Crippen molar-refractivity contribution >= 4 is 45.1 Å². The highest BCUT2D eigenvalue weighted by Crippen LogP contribution is 2.27. The summed E-state index contributed by atoms with van der Waals surface area (Å²) in [7, 11) is 0. The molecule has 1 amide bonds. The van der Waals surface area contributed by atoms with Gasteiger partial charge in [0, 0.05) is 10.4 Å². The van der Waals surface area contributed by atoms with Crippen molar-refractivity contribution in [3.63, 3.8) is 0 Å². The van der Waals surface area contributed by atoms with Gasteiger partial charge in [0.05, 0.1) is 24.1 Å². The number of carbonyl (C=O) groups excluding carboxylic acids is 1. The number of fused-ring (bicyclic) bond motifs is 3. The summed E-state index contributed by atoms with van der Waals surface area (Å²) in [5, 5.41) is 3.58. The Bertz CT molecular complexity index is 1610. The Labute approximate surface area is 199 Å². The molecule has 34 heavy (non-hydrogen) atoms. The molecule has 3 aromatic carbocycles. The number of benzene rings is 3. The van der Waals surface area contributed by atoms with Crippen molar-refractivity contribution < 1.29 is 9.18 Å². The summed E-state index contributed by atoms with van der Waals surface area (Å²) >= 11 is 5.80. The van der Waals surface area contributed by atoms with Crippen LogP contribution in [0.1, 0.15) is 11.1 Å². The largest absolute Gasteiger partial charge is 0.325 e. The number of hydrogen-bond donors (Lipinski definition) is 1. The number of amides is 1. The van der Waals surface area contributed by atoms with Gasteiger partial charge in [0.15, 0.2) is 0 Å². The van der Waals surface area contributed by atoms with Gasteiger partial charge in [-0.05, 0) is 42.8 Å². The Hall–Kier alpha value is -3.97. The van der Waals surface area contributed by atoms with Crippen molar-refractivity contribution in [1.29, 1.82) is 0 Å². The van der Waals surface area contributed by atoms with E-state index in [4.69, 9.17) is 11.6 Å². The minimum atomic E-state index is -0.634. The van der Waals surface area contributed by atoms with E-state index in [1.807, 2.05) is 55.5 Å². The second-order valence-corrected chi connectivity index (χ2v) is 8.58. The zero-order valence-electron chi connectivity index (χ0n) is 18.3. The molecule has 2 aromatic heterocycles. The molecule has 0 saturated heterocycles. The quantitative estimate of drug-likeness (QED) is 0.383. The number of halogens is 2. The van der Waals surface area contributed by atoms with Crippen molar-refractivity contribution in [1.82, 2.24) is 14.1 Å². The molecular weight excluding hydrogens is 455 g/mol. The predicted octanol–water partition coefficient (Wildman–Crippen LogP) is 5.14. The van der Waals surface area contributed by atoms with Gasteiger partial charge in [-0.15, -0.1) is 0 Å². The van der Waals surface area contributed by atoms with Gasteiger partial charge in [-0.3, -0.25) is 14.2 Å². The van der Waals surface area contributed by atoms with Gasteiger partial charge in [-0.2, -0.15) is 0 Å². The summed E-state index contributed by atoms with van der Waals surface area (Å²) < 4.78 is 17.4. The molecule has 8 heteroatoms. The highest BCUT2D eigenvalue weighted by Gasteiger charge is 2.19. The number of hydrogen-bond acceptors (Lipinski definition) is 3. The highest BCUT2D eigenvalue weighted by molar-refractivity contribution is 6.30. The monoisotopic (exact) mass is 474 g/mol. The fourth-order valence-electron chi connectivity index (χ4n) is 4.10. The average molecular weight is 475 g/mol. The van der Waals surface area contributed by atoms with E-state index >= 15 is 0 Å². The molecule has 0 aliphatic heterocycles. The molecule has 170 valence electrons. The molecule has 2 heterocycles. The van der Waals surface area contributed by atoms with Gasteiger partial charge in [0.25, 0.3) is 5.56 Å². The molecule has 0 spiro atoms. The van der Waals surface area contributed by atoms with E-state index in [1.165, 1.54) is 23.0 Å². The van der Waals surface area contributed by atoms with E-state index in [0.29, 0.717) is 23.1 Å². The maximum Gasteiger partial charge on any atom is 0.278 e. The van der Waals surface area contributed by atoms with Crippen LogP contribution in [-0.2, 0) is 17.9 Å². The van der Waals surface area contributed by atoms with Gasteiger partial charge < -0.3 is 9.88 Å². The third kappa shape index (κ3) is 4.06. The lowest BCUT2D eigenvalue weighted by atomic mass is 10.1. The molecular formula is C26H20ClFN4O2. The van der Waals surface area contributed by atoms with Crippen LogP contribution in [0.4, 0.5) is 10.1 Å². The van der Waals surface area contributed by atoms with Gasteiger partial charge in [0.2, 0.25) is 5.91 Å². The first kappa shape index (κ1) is 21.9. The smallest absolute Gasteiger partial charge is 0.278 e. The molecule has 0 aliphatic carbocycles. The lowest BCUT2D eigenvalue weighted by molar-refractivity contribution is -0.116. The molecule has 0 fully saturated rings. The van der Waals surface area contributed by atoms with Crippen LogP contribution in [0, 0.1) is 12.7 Å². The summed E-state index contributed by atoms with van der Waals surface area (Å²) in [5.41, 5.74) is 3.28. The maximum atomic E-state index is 14.2. The number of nitrogens with zero attached hydrogens (tertiary/aromatic N) is 3. The van der Waals surface area contributed by atoms with Gasteiger partial charge in [-0.25, -0.2) is 9.37 Å². The van der Waals surface area contributed by atoms with Crippen molar-refractivity contribution in [2.24, 2.45) is 0 Å². The predicted molar refractivity (Wildman–Crippen MR) is 132 cm³/mol. The van der Waals surface area contributed by atoms with Gasteiger partial charge >= 0.3 is 0 Å². The molecule has 0 radical (unpaired) electrons. The Kier molecular flexibility index (Phi) is 5.63. The summed E-state index contributed by atoms with van der Waals surface area (Å²) in [6.45, 7) is 2.12. The molecule has 0 atom stereocenters. The Morgan fingerprint density at radius 3 is 2.65 bits per heavy atom. The summed E-state index contributed by atoms with van der Waals surface area (Å²) in [6, 6.07) is 19.4. The first-order valence-electron chi connectivity index (χ1n) is 10.7. The van der Waals surface area contributed by atoms with Gasteiger partial charge in [0.1, 0.15) is 23.4 Å². The molecule has 0 aliphatic rings. The van der Waals surface area contributed by atoms with Crippen LogP contribution >= 0.6 is 11.6 Å². The third-order valence-electron chi connectivity index (χ3n) is 5.68. The van der Waals surface area contributed by atoms with Crippen molar-refractivity contribution in [2.75, 3.05) is 5.32 Å². The number of nitrogens with one attached hydrogen (secondary N) is 1. The van der Waals surface area contributed by atoms with Crippen molar-refractivity contribution in [3.8, 4) is 0 Å². The van der Waals surface area contributed by atoms with Crippen LogP contribution < -0.4 is 10.9 Å². The fraction of sp³-hybridized carbons (Fsp3) is 0.115. The second kappa shape index (κ2) is 8.76. The minimum Gasteiger partial charge on any atom is -0.325 e. The van der Waals surface area contributed by atoms with Crippen LogP contribution in [0.3, 0.4) is 0 Å². The first-order chi connectivity index (χ1) is 16.4. The number of aryl methyl sites for hydroxylation is 1. The lowest BCUT2D eigenvalue weighted by Gasteiger charge is -2.10. The summed E-state index contributed by atoms with van der Waals surface area (Å²) in [6.07, 6.45) is 1.53. The van der Waals surface area contributed by atoms with Gasteiger partial charge in [-0.1, -0.05) is 53.6 Å². The number of anilines is 1. The zero-order valence-corrected chi connectivity index (χ0v) is 19.0. The molecule has 0 unspecified atom stereocenters. The van der Waals surface area contributed by atoms with Crippen molar-refractivity contribution in [3.05, 3.63) is 105 Å². The molecule has 0 bridgehead atoms. The summed E-state index contributed by atoms with van der Waals surface area (Å²) in [4.78, 5) is 31.0. The summed E-state index contributed by atoms with van der Waals surface area (Å²) in [5.74, 6) is -1.11. The fourth-order valence-corrected chi connectivity index (χ4v) is 4.25. The Morgan fingerprint density at radius 1 is 1.09 bits per heavy atom.